The highest BCUT2D eigenvalue weighted by Crippen LogP contribution is 2.15. The van der Waals surface area contributed by atoms with E-state index in [2.05, 4.69) is 16.4 Å². The molecule has 0 bridgehead atoms. The Bertz CT molecular complexity index is 559. The molecule has 0 saturated heterocycles. The quantitative estimate of drug-likeness (QED) is 0.895. The molecule has 0 amide bonds. The van der Waals surface area contributed by atoms with E-state index in [9.17, 15) is 0 Å². The molecule has 4 nitrogen and oxygen atoms in total. The zero-order valence-electron chi connectivity index (χ0n) is 10.0. The van der Waals surface area contributed by atoms with Gasteiger partial charge in [0.1, 0.15) is 10.9 Å². The minimum absolute atomic E-state index is 0.622. The van der Waals surface area contributed by atoms with Crippen LogP contribution in [0, 0.1) is 11.3 Å². The Kier molecular flexibility index (Phi) is 4.29. The fraction of sp³-hybridized carbons (Fsp3) is 0.231. The summed E-state index contributed by atoms with van der Waals surface area (Å²) in [6, 6.07) is 9.81. The monoisotopic (exact) mass is 259 g/mol. The van der Waals surface area contributed by atoms with Gasteiger partial charge in [-0.15, -0.1) is 11.3 Å². The molecule has 92 valence electrons. The number of methoxy groups -OCH3 is 1. The van der Waals surface area contributed by atoms with Gasteiger partial charge in [0.05, 0.1) is 7.11 Å². The van der Waals surface area contributed by atoms with Crippen molar-refractivity contribution in [1.29, 1.82) is 5.26 Å². The summed E-state index contributed by atoms with van der Waals surface area (Å²) < 4.78 is 5.06. The predicted octanol–water partition coefficient (Wildman–Crippen LogP) is 2.31. The Morgan fingerprint density at radius 3 is 3.00 bits per heavy atom. The summed E-state index contributed by atoms with van der Waals surface area (Å²) in [6.45, 7) is 1.51. The number of nitrogens with zero attached hydrogens (tertiary/aromatic N) is 2. The SMILES string of the molecule is COc1cc(CNCc2ccc(C#N)s2)ccn1. The van der Waals surface area contributed by atoms with Crippen LogP contribution >= 0.6 is 11.3 Å². The molecule has 0 saturated carbocycles. The smallest absolute Gasteiger partial charge is 0.213 e. The van der Waals surface area contributed by atoms with Crippen LogP contribution in [-0.2, 0) is 13.1 Å². The zero-order valence-corrected chi connectivity index (χ0v) is 10.8. The molecule has 0 radical (unpaired) electrons. The number of hydrogen-bond donors (Lipinski definition) is 1. The second-order valence-electron chi connectivity index (χ2n) is 3.69. The number of ether oxygens (including phenoxy) is 1. The summed E-state index contributed by atoms with van der Waals surface area (Å²) in [6.07, 6.45) is 1.73. The van der Waals surface area contributed by atoms with Crippen molar-refractivity contribution >= 4 is 11.3 Å². The number of thiophene rings is 1. The van der Waals surface area contributed by atoms with Gasteiger partial charge in [-0.25, -0.2) is 4.98 Å². The summed E-state index contributed by atoms with van der Waals surface area (Å²) in [5.74, 6) is 0.622. The van der Waals surface area contributed by atoms with Crippen molar-refractivity contribution in [2.75, 3.05) is 7.11 Å². The highest BCUT2D eigenvalue weighted by atomic mass is 32.1. The molecule has 2 heterocycles. The van der Waals surface area contributed by atoms with Crippen molar-refractivity contribution in [2.24, 2.45) is 0 Å². The van der Waals surface area contributed by atoms with Gasteiger partial charge in [0.2, 0.25) is 5.88 Å². The van der Waals surface area contributed by atoms with Crippen LogP contribution in [0.1, 0.15) is 15.3 Å². The van der Waals surface area contributed by atoms with E-state index in [1.165, 1.54) is 11.3 Å². The normalized spacial score (nSPS) is 10.0. The summed E-state index contributed by atoms with van der Waals surface area (Å²) >= 11 is 1.52. The molecule has 0 fully saturated rings. The van der Waals surface area contributed by atoms with E-state index < -0.39 is 0 Å². The van der Waals surface area contributed by atoms with Crippen LogP contribution in [0.15, 0.2) is 30.5 Å². The number of rotatable bonds is 5. The molecular formula is C13H13N3OS. The van der Waals surface area contributed by atoms with Crippen LogP contribution in [0.25, 0.3) is 0 Å². The van der Waals surface area contributed by atoms with E-state index in [-0.39, 0.29) is 0 Å². The maximum absolute atomic E-state index is 8.73. The van der Waals surface area contributed by atoms with E-state index in [1.807, 2.05) is 24.3 Å². The number of nitrogens with one attached hydrogen (secondary N) is 1. The number of aromatic nitrogens is 1. The standard InChI is InChI=1S/C13H13N3OS/c1-17-13-6-10(4-5-16-13)8-15-9-12-3-2-11(7-14)18-12/h2-6,15H,8-9H2,1H3. The minimum atomic E-state index is 0.622. The first-order chi connectivity index (χ1) is 8.81. The second kappa shape index (κ2) is 6.15. The number of hydrogen-bond acceptors (Lipinski definition) is 5. The Labute approximate surface area is 110 Å². The molecule has 1 N–H and O–H groups in total. The predicted molar refractivity (Wildman–Crippen MR) is 70.4 cm³/mol. The van der Waals surface area contributed by atoms with Gasteiger partial charge >= 0.3 is 0 Å². The van der Waals surface area contributed by atoms with Crippen molar-refractivity contribution in [2.45, 2.75) is 13.1 Å². The van der Waals surface area contributed by atoms with Gasteiger partial charge in [-0.2, -0.15) is 5.26 Å². The van der Waals surface area contributed by atoms with Gasteiger partial charge in [0, 0.05) is 30.2 Å². The van der Waals surface area contributed by atoms with Gasteiger partial charge in [-0.05, 0) is 23.8 Å². The molecular weight excluding hydrogens is 246 g/mol. The molecule has 0 aromatic carbocycles. The number of pyridine rings is 1. The first-order valence-electron chi connectivity index (χ1n) is 5.50. The van der Waals surface area contributed by atoms with Gasteiger partial charge < -0.3 is 10.1 Å². The molecule has 2 aromatic rings. The Balaban J connectivity index is 1.86. The fourth-order valence-corrected chi connectivity index (χ4v) is 2.31. The van der Waals surface area contributed by atoms with Crippen molar-refractivity contribution in [3.05, 3.63) is 45.8 Å². The van der Waals surface area contributed by atoms with Crippen LogP contribution in [0.3, 0.4) is 0 Å². The van der Waals surface area contributed by atoms with E-state index in [1.54, 1.807) is 13.3 Å². The van der Waals surface area contributed by atoms with Crippen LogP contribution in [-0.4, -0.2) is 12.1 Å². The first-order valence-corrected chi connectivity index (χ1v) is 6.32. The summed E-state index contributed by atoms with van der Waals surface area (Å²) in [7, 11) is 1.61. The van der Waals surface area contributed by atoms with Crippen LogP contribution in [0.5, 0.6) is 5.88 Å². The highest BCUT2D eigenvalue weighted by Gasteiger charge is 2.00. The molecule has 5 heteroatoms. The summed E-state index contributed by atoms with van der Waals surface area (Å²) in [4.78, 5) is 5.96. The van der Waals surface area contributed by atoms with Gasteiger partial charge in [0.15, 0.2) is 0 Å². The Morgan fingerprint density at radius 1 is 1.39 bits per heavy atom. The third kappa shape index (κ3) is 3.29. The van der Waals surface area contributed by atoms with Crippen LogP contribution in [0.2, 0.25) is 0 Å². The largest absolute Gasteiger partial charge is 0.481 e. The molecule has 2 rings (SSSR count). The van der Waals surface area contributed by atoms with Crippen molar-refractivity contribution in [3.8, 4) is 11.9 Å². The molecule has 0 aliphatic rings. The summed E-state index contributed by atoms with van der Waals surface area (Å²) in [5.41, 5.74) is 1.12. The first kappa shape index (κ1) is 12.6. The van der Waals surface area contributed by atoms with E-state index in [0.29, 0.717) is 5.88 Å². The maximum atomic E-state index is 8.73. The minimum Gasteiger partial charge on any atom is -0.481 e. The van der Waals surface area contributed by atoms with Gasteiger partial charge in [-0.1, -0.05) is 0 Å². The zero-order chi connectivity index (χ0) is 12.8. The van der Waals surface area contributed by atoms with E-state index >= 15 is 0 Å². The van der Waals surface area contributed by atoms with Crippen molar-refractivity contribution < 1.29 is 4.74 Å². The molecule has 0 spiro atoms. The highest BCUT2D eigenvalue weighted by molar-refractivity contribution is 7.12. The third-order valence-corrected chi connectivity index (χ3v) is 3.40. The topological polar surface area (TPSA) is 57.9 Å². The van der Waals surface area contributed by atoms with Crippen molar-refractivity contribution in [3.63, 3.8) is 0 Å². The molecule has 0 aliphatic carbocycles. The summed E-state index contributed by atoms with van der Waals surface area (Å²) in [5, 5.41) is 12.1. The maximum Gasteiger partial charge on any atom is 0.213 e. The average molecular weight is 259 g/mol. The molecule has 0 unspecified atom stereocenters. The second-order valence-corrected chi connectivity index (χ2v) is 4.86. The van der Waals surface area contributed by atoms with Gasteiger partial charge in [0.25, 0.3) is 0 Å². The average Bonchev–Trinajstić information content (AvgIpc) is 2.87. The fourth-order valence-electron chi connectivity index (χ4n) is 1.54. The molecule has 0 aliphatic heterocycles. The molecule has 18 heavy (non-hydrogen) atoms. The third-order valence-electron chi connectivity index (χ3n) is 2.41. The lowest BCUT2D eigenvalue weighted by Crippen LogP contribution is -2.11. The Hall–Kier alpha value is -1.90. The molecule has 0 atom stereocenters. The van der Waals surface area contributed by atoms with Crippen LogP contribution in [0.4, 0.5) is 0 Å². The lowest BCUT2D eigenvalue weighted by Gasteiger charge is -2.04. The lowest BCUT2D eigenvalue weighted by molar-refractivity contribution is 0.397. The number of nitriles is 1. The Morgan fingerprint density at radius 2 is 2.28 bits per heavy atom. The van der Waals surface area contributed by atoms with Gasteiger partial charge in [-0.3, -0.25) is 0 Å². The van der Waals surface area contributed by atoms with Crippen molar-refractivity contribution in [1.82, 2.24) is 10.3 Å². The van der Waals surface area contributed by atoms with Crippen LogP contribution < -0.4 is 10.1 Å². The van der Waals surface area contributed by atoms with E-state index in [0.717, 1.165) is 28.4 Å². The van der Waals surface area contributed by atoms with E-state index in [4.69, 9.17) is 10.00 Å². The molecule has 2 aromatic heterocycles. The lowest BCUT2D eigenvalue weighted by atomic mass is 10.2.